The minimum atomic E-state index is -4.55. The van der Waals surface area contributed by atoms with Crippen molar-refractivity contribution in [1.82, 2.24) is 20.0 Å². The first kappa shape index (κ1) is 18.4. The van der Waals surface area contributed by atoms with Gasteiger partial charge in [0, 0.05) is 30.9 Å². The molecule has 0 spiro atoms. The lowest BCUT2D eigenvalue weighted by atomic mass is 9.91. The zero-order valence-electron chi connectivity index (χ0n) is 15.0. The molecule has 0 unspecified atom stereocenters. The summed E-state index contributed by atoms with van der Waals surface area (Å²) in [6.07, 6.45) is -1.76. The third-order valence-electron chi connectivity index (χ3n) is 4.89. The first-order chi connectivity index (χ1) is 13.3. The number of amides is 1. The molecule has 3 aromatic heterocycles. The van der Waals surface area contributed by atoms with Crippen LogP contribution in [0.1, 0.15) is 46.2 Å². The Kier molecular flexibility index (Phi) is 4.52. The van der Waals surface area contributed by atoms with E-state index in [9.17, 15) is 18.0 Å². The maximum absolute atomic E-state index is 13.6. The highest BCUT2D eigenvalue weighted by atomic mass is 19.4. The Morgan fingerprint density at radius 3 is 2.86 bits per heavy atom. The van der Waals surface area contributed by atoms with Gasteiger partial charge in [-0.2, -0.15) is 13.2 Å². The number of pyridine rings is 2. The van der Waals surface area contributed by atoms with Crippen LogP contribution in [0.2, 0.25) is 0 Å². The minimum Gasteiger partial charge on any atom is -0.337 e. The Morgan fingerprint density at radius 1 is 1.32 bits per heavy atom. The molecule has 0 saturated carbocycles. The van der Waals surface area contributed by atoms with Crippen LogP contribution < -0.4 is 0 Å². The van der Waals surface area contributed by atoms with E-state index in [4.69, 9.17) is 4.52 Å². The summed E-state index contributed by atoms with van der Waals surface area (Å²) >= 11 is 0. The molecule has 1 aliphatic heterocycles. The van der Waals surface area contributed by atoms with Crippen LogP contribution in [0.4, 0.5) is 13.2 Å². The Bertz CT molecular complexity index is 1020. The minimum absolute atomic E-state index is 0.116. The summed E-state index contributed by atoms with van der Waals surface area (Å²) in [5.41, 5.74) is -0.220. The predicted octanol–water partition coefficient (Wildman–Crippen LogP) is 3.96. The molecule has 4 heterocycles. The molecule has 1 atom stereocenters. The molecule has 0 aromatic carbocycles. The molecule has 1 aliphatic rings. The number of likely N-dealkylation sites (tertiary alicyclic amines) is 1. The number of aromatic nitrogens is 3. The first-order valence-corrected chi connectivity index (χ1v) is 8.89. The van der Waals surface area contributed by atoms with Gasteiger partial charge in [-0.15, -0.1) is 0 Å². The van der Waals surface area contributed by atoms with Gasteiger partial charge in [0.2, 0.25) is 0 Å². The van der Waals surface area contributed by atoms with Gasteiger partial charge in [-0.3, -0.25) is 9.78 Å². The van der Waals surface area contributed by atoms with Crippen molar-refractivity contribution in [1.29, 1.82) is 0 Å². The topological polar surface area (TPSA) is 72.1 Å². The average molecular weight is 390 g/mol. The summed E-state index contributed by atoms with van der Waals surface area (Å²) in [4.78, 5) is 22.4. The molecule has 0 aliphatic carbocycles. The molecular weight excluding hydrogens is 373 g/mol. The highest BCUT2D eigenvalue weighted by molar-refractivity contribution is 5.92. The van der Waals surface area contributed by atoms with Crippen molar-refractivity contribution in [3.05, 3.63) is 53.1 Å². The molecule has 9 heteroatoms. The van der Waals surface area contributed by atoms with E-state index in [0.717, 1.165) is 6.07 Å². The van der Waals surface area contributed by atoms with E-state index in [1.807, 2.05) is 0 Å². The number of rotatable bonds is 2. The largest absolute Gasteiger partial charge is 0.417 e. The number of hydrogen-bond acceptors (Lipinski definition) is 5. The van der Waals surface area contributed by atoms with Crippen LogP contribution >= 0.6 is 0 Å². The van der Waals surface area contributed by atoms with E-state index in [1.54, 1.807) is 23.1 Å². The molecule has 1 amide bonds. The van der Waals surface area contributed by atoms with Crippen molar-refractivity contribution in [2.45, 2.75) is 31.9 Å². The molecule has 1 fully saturated rings. The number of fused-ring (bicyclic) bond motifs is 1. The van der Waals surface area contributed by atoms with Gasteiger partial charge in [-0.25, -0.2) is 4.98 Å². The van der Waals surface area contributed by atoms with Gasteiger partial charge in [0.15, 0.2) is 0 Å². The van der Waals surface area contributed by atoms with Crippen molar-refractivity contribution < 1.29 is 22.5 Å². The molecule has 0 N–H and O–H groups in total. The zero-order valence-corrected chi connectivity index (χ0v) is 15.0. The van der Waals surface area contributed by atoms with Crippen LogP contribution in [0.15, 0.2) is 35.0 Å². The van der Waals surface area contributed by atoms with Gasteiger partial charge in [-0.05, 0) is 38.0 Å². The monoisotopic (exact) mass is 390 g/mol. The van der Waals surface area contributed by atoms with Crippen LogP contribution in [0.5, 0.6) is 0 Å². The summed E-state index contributed by atoms with van der Waals surface area (Å²) in [6.45, 7) is 2.25. The maximum atomic E-state index is 13.6. The zero-order chi connectivity index (χ0) is 19.9. The molecule has 4 rings (SSSR count). The molecular formula is C19H17F3N4O2. The van der Waals surface area contributed by atoms with Gasteiger partial charge in [0.05, 0.1) is 16.6 Å². The molecule has 3 aromatic rings. The second-order valence-corrected chi connectivity index (χ2v) is 6.86. The molecule has 0 radical (unpaired) electrons. The first-order valence-electron chi connectivity index (χ1n) is 8.89. The SMILES string of the molecule is Cc1cc(C(F)(F)F)c2c([C@H]3CCCN(C(=O)c4ccccn4)C3)noc2n1. The average Bonchev–Trinajstić information content (AvgIpc) is 3.10. The molecule has 1 saturated heterocycles. The van der Waals surface area contributed by atoms with E-state index in [-0.39, 0.29) is 40.9 Å². The van der Waals surface area contributed by atoms with Crippen molar-refractivity contribution in [3.63, 3.8) is 0 Å². The van der Waals surface area contributed by atoms with E-state index in [1.165, 1.54) is 13.1 Å². The summed E-state index contributed by atoms with van der Waals surface area (Å²) < 4.78 is 45.9. The number of aryl methyl sites for hydroxylation is 1. The quantitative estimate of drug-likeness (QED) is 0.662. The van der Waals surface area contributed by atoms with Crippen molar-refractivity contribution in [2.75, 3.05) is 13.1 Å². The van der Waals surface area contributed by atoms with Gasteiger partial charge in [-0.1, -0.05) is 11.2 Å². The van der Waals surface area contributed by atoms with Crippen LogP contribution in [-0.2, 0) is 6.18 Å². The molecule has 0 bridgehead atoms. The second kappa shape index (κ2) is 6.88. The van der Waals surface area contributed by atoms with Crippen molar-refractivity contribution >= 4 is 17.0 Å². The fourth-order valence-electron chi connectivity index (χ4n) is 3.63. The highest BCUT2D eigenvalue weighted by Gasteiger charge is 2.38. The van der Waals surface area contributed by atoms with Crippen molar-refractivity contribution in [2.24, 2.45) is 0 Å². The lowest BCUT2D eigenvalue weighted by molar-refractivity contribution is -0.136. The predicted molar refractivity (Wildman–Crippen MR) is 93.7 cm³/mol. The van der Waals surface area contributed by atoms with E-state index in [0.29, 0.717) is 25.1 Å². The van der Waals surface area contributed by atoms with Crippen LogP contribution in [0.3, 0.4) is 0 Å². The summed E-state index contributed by atoms with van der Waals surface area (Å²) in [7, 11) is 0. The molecule has 6 nitrogen and oxygen atoms in total. The highest BCUT2D eigenvalue weighted by Crippen LogP contribution is 2.40. The van der Waals surface area contributed by atoms with Crippen LogP contribution in [0.25, 0.3) is 11.1 Å². The van der Waals surface area contributed by atoms with Crippen molar-refractivity contribution in [3.8, 4) is 0 Å². The Labute approximate surface area is 158 Å². The smallest absolute Gasteiger partial charge is 0.337 e. The number of alkyl halides is 3. The molecule has 28 heavy (non-hydrogen) atoms. The number of nitrogens with zero attached hydrogens (tertiary/aromatic N) is 4. The van der Waals surface area contributed by atoms with E-state index >= 15 is 0 Å². The number of hydrogen-bond donors (Lipinski definition) is 0. The number of halogens is 3. The number of carbonyl (C=O) groups excluding carboxylic acids is 1. The van der Waals surface area contributed by atoms with E-state index in [2.05, 4.69) is 15.1 Å². The van der Waals surface area contributed by atoms with Gasteiger partial charge >= 0.3 is 6.18 Å². The van der Waals surface area contributed by atoms with Crippen LogP contribution in [-0.4, -0.2) is 39.0 Å². The Morgan fingerprint density at radius 2 is 2.14 bits per heavy atom. The Hall–Kier alpha value is -2.97. The number of carbonyl (C=O) groups is 1. The van der Waals surface area contributed by atoms with Gasteiger partial charge in [0.1, 0.15) is 5.69 Å². The summed E-state index contributed by atoms with van der Waals surface area (Å²) in [5.74, 6) is -0.614. The Balaban J connectivity index is 1.69. The standard InChI is InChI=1S/C19H17F3N4O2/c1-11-9-13(19(20,21)22)15-16(25-28-17(15)24-11)12-5-4-8-26(10-12)18(27)14-6-2-3-7-23-14/h2-3,6-7,9,12H,4-5,8,10H2,1H3/t12-/m0/s1. The normalized spacial score (nSPS) is 17.9. The van der Waals surface area contributed by atoms with Crippen LogP contribution in [0, 0.1) is 6.92 Å². The third-order valence-corrected chi connectivity index (χ3v) is 4.89. The van der Waals surface area contributed by atoms with E-state index < -0.39 is 11.7 Å². The maximum Gasteiger partial charge on any atom is 0.417 e. The fraction of sp³-hybridized carbons (Fsp3) is 0.368. The second-order valence-electron chi connectivity index (χ2n) is 6.86. The lowest BCUT2D eigenvalue weighted by Gasteiger charge is -2.31. The summed E-state index contributed by atoms with van der Waals surface area (Å²) in [5, 5.41) is 3.79. The van der Waals surface area contributed by atoms with Gasteiger partial charge < -0.3 is 9.42 Å². The third kappa shape index (κ3) is 3.32. The fourth-order valence-corrected chi connectivity index (χ4v) is 3.63. The number of piperidine rings is 1. The van der Waals surface area contributed by atoms with Gasteiger partial charge in [0.25, 0.3) is 11.6 Å². The lowest BCUT2D eigenvalue weighted by Crippen LogP contribution is -2.39. The summed E-state index contributed by atoms with van der Waals surface area (Å²) in [6, 6.07) is 6.05. The molecule has 146 valence electrons.